The molecular weight excluding hydrogens is 340 g/mol. The second kappa shape index (κ2) is 5.23. The zero-order valence-electron chi connectivity index (χ0n) is 10.4. The molecule has 1 aromatic carbocycles. The molecule has 0 saturated carbocycles. The molecule has 0 aliphatic rings. The first-order valence-electron chi connectivity index (χ1n) is 6.12. The number of nitrogens with one attached hydrogen (secondary N) is 1. The summed E-state index contributed by atoms with van der Waals surface area (Å²) in [5.74, 6) is 0. The molecule has 2 aromatic heterocycles. The molecule has 2 heterocycles. The molecule has 0 saturated heterocycles. The van der Waals surface area contributed by atoms with Gasteiger partial charge >= 0.3 is 0 Å². The summed E-state index contributed by atoms with van der Waals surface area (Å²) in [5.41, 5.74) is 3.65. The fraction of sp³-hybridized carbons (Fsp3) is 0.214. The molecule has 0 atom stereocenters. The molecule has 0 amide bonds. The average molecular weight is 353 g/mol. The van der Waals surface area contributed by atoms with E-state index in [1.54, 1.807) is 11.3 Å². The Hall–Kier alpha value is -0.910. The van der Waals surface area contributed by atoms with Crippen molar-refractivity contribution in [2.45, 2.75) is 19.9 Å². The van der Waals surface area contributed by atoms with Crippen LogP contribution >= 0.6 is 39.5 Å². The smallest absolute Gasteiger partial charge is 0.178 e. The number of benzene rings is 1. The Morgan fingerprint density at radius 1 is 1.37 bits per heavy atom. The molecule has 98 valence electrons. The van der Waals surface area contributed by atoms with Crippen LogP contribution in [0.3, 0.4) is 0 Å². The number of thiophene rings is 1. The third-order valence-corrected chi connectivity index (χ3v) is 5.02. The van der Waals surface area contributed by atoms with E-state index in [0.717, 1.165) is 33.2 Å². The van der Waals surface area contributed by atoms with Gasteiger partial charge in [0.2, 0.25) is 0 Å². The summed E-state index contributed by atoms with van der Waals surface area (Å²) in [7, 11) is 0. The SMILES string of the molecule is CCc1ccsc1Cn1c(=S)[nH]c2cc(Br)ccc21. The van der Waals surface area contributed by atoms with Gasteiger partial charge in [-0.2, -0.15) is 0 Å². The first kappa shape index (κ1) is 13.1. The minimum atomic E-state index is 0.781. The molecule has 0 aliphatic carbocycles. The second-order valence-electron chi connectivity index (χ2n) is 4.40. The molecule has 5 heteroatoms. The molecule has 0 fully saturated rings. The highest BCUT2D eigenvalue weighted by Crippen LogP contribution is 2.23. The van der Waals surface area contributed by atoms with Gasteiger partial charge in [-0.05, 0) is 53.8 Å². The Morgan fingerprint density at radius 3 is 3.00 bits per heavy atom. The van der Waals surface area contributed by atoms with Crippen molar-refractivity contribution < 1.29 is 0 Å². The van der Waals surface area contributed by atoms with Gasteiger partial charge in [0, 0.05) is 9.35 Å². The summed E-state index contributed by atoms with van der Waals surface area (Å²) in [6.45, 7) is 3.04. The molecule has 0 radical (unpaired) electrons. The lowest BCUT2D eigenvalue weighted by atomic mass is 10.2. The number of H-pyrrole nitrogens is 1. The Kier molecular flexibility index (Phi) is 3.60. The lowest BCUT2D eigenvalue weighted by Gasteiger charge is -2.05. The maximum atomic E-state index is 5.45. The Labute approximate surface area is 129 Å². The van der Waals surface area contributed by atoms with E-state index in [1.165, 1.54) is 10.4 Å². The minimum Gasteiger partial charge on any atom is -0.331 e. The predicted molar refractivity (Wildman–Crippen MR) is 87.6 cm³/mol. The highest BCUT2D eigenvalue weighted by molar-refractivity contribution is 9.10. The third-order valence-electron chi connectivity index (χ3n) is 3.26. The van der Waals surface area contributed by atoms with E-state index in [9.17, 15) is 0 Å². The summed E-state index contributed by atoms with van der Waals surface area (Å²) in [5, 5.41) is 2.16. The van der Waals surface area contributed by atoms with Gasteiger partial charge in [0.05, 0.1) is 17.6 Å². The number of hydrogen-bond acceptors (Lipinski definition) is 2. The number of nitrogens with zero attached hydrogens (tertiary/aromatic N) is 1. The number of aromatic amines is 1. The van der Waals surface area contributed by atoms with E-state index >= 15 is 0 Å². The van der Waals surface area contributed by atoms with Gasteiger partial charge in [-0.3, -0.25) is 0 Å². The third kappa shape index (κ3) is 2.42. The van der Waals surface area contributed by atoms with E-state index < -0.39 is 0 Å². The lowest BCUT2D eigenvalue weighted by Crippen LogP contribution is -1.99. The molecule has 19 heavy (non-hydrogen) atoms. The number of hydrogen-bond donors (Lipinski definition) is 1. The average Bonchev–Trinajstić information content (AvgIpc) is 2.95. The highest BCUT2D eigenvalue weighted by Gasteiger charge is 2.08. The highest BCUT2D eigenvalue weighted by atomic mass is 79.9. The molecule has 0 spiro atoms. The Balaban J connectivity index is 2.10. The zero-order valence-corrected chi connectivity index (χ0v) is 13.7. The summed E-state index contributed by atoms with van der Waals surface area (Å²) in [6.07, 6.45) is 1.07. The van der Waals surface area contributed by atoms with Gasteiger partial charge < -0.3 is 9.55 Å². The fourth-order valence-corrected chi connectivity index (χ4v) is 3.86. The lowest BCUT2D eigenvalue weighted by molar-refractivity contribution is 0.814. The monoisotopic (exact) mass is 352 g/mol. The van der Waals surface area contributed by atoms with Crippen LogP contribution in [0.15, 0.2) is 34.1 Å². The summed E-state index contributed by atoms with van der Waals surface area (Å²) in [6, 6.07) is 8.42. The standard InChI is InChI=1S/C14H13BrN2S2/c1-2-9-5-6-19-13(9)8-17-12-4-3-10(15)7-11(12)16-14(17)18/h3-7H,2,8H2,1H3,(H,16,18). The van der Waals surface area contributed by atoms with Gasteiger partial charge in [0.1, 0.15) is 0 Å². The first-order valence-corrected chi connectivity index (χ1v) is 8.20. The van der Waals surface area contributed by atoms with E-state index in [1.807, 2.05) is 0 Å². The molecule has 0 bridgehead atoms. The van der Waals surface area contributed by atoms with Crippen molar-refractivity contribution >= 4 is 50.5 Å². The first-order chi connectivity index (χ1) is 9.19. The molecule has 1 N–H and O–H groups in total. The van der Waals surface area contributed by atoms with Crippen molar-refractivity contribution in [3.63, 3.8) is 0 Å². The minimum absolute atomic E-state index is 0.781. The van der Waals surface area contributed by atoms with Crippen LogP contribution in [0, 0.1) is 4.77 Å². The van der Waals surface area contributed by atoms with Crippen LogP contribution in [-0.2, 0) is 13.0 Å². The van der Waals surface area contributed by atoms with Crippen LogP contribution in [0.2, 0.25) is 0 Å². The van der Waals surface area contributed by atoms with Crippen LogP contribution in [-0.4, -0.2) is 9.55 Å². The van der Waals surface area contributed by atoms with E-state index in [-0.39, 0.29) is 0 Å². The molecule has 2 nitrogen and oxygen atoms in total. The zero-order chi connectivity index (χ0) is 13.4. The van der Waals surface area contributed by atoms with E-state index in [2.05, 4.69) is 62.1 Å². The Bertz CT molecular complexity index is 782. The van der Waals surface area contributed by atoms with Crippen LogP contribution in [0.4, 0.5) is 0 Å². The molecule has 3 rings (SSSR count). The van der Waals surface area contributed by atoms with E-state index in [0.29, 0.717) is 0 Å². The quantitative estimate of drug-likeness (QED) is 0.647. The maximum absolute atomic E-state index is 5.45. The van der Waals surface area contributed by atoms with Crippen molar-refractivity contribution in [1.82, 2.24) is 9.55 Å². The van der Waals surface area contributed by atoms with Gasteiger partial charge in [0.25, 0.3) is 0 Å². The predicted octanol–water partition coefficient (Wildman–Crippen LogP) is 5.13. The van der Waals surface area contributed by atoms with Crippen molar-refractivity contribution in [3.8, 4) is 0 Å². The number of halogens is 1. The summed E-state index contributed by atoms with van der Waals surface area (Å²) in [4.78, 5) is 4.66. The largest absolute Gasteiger partial charge is 0.331 e. The van der Waals surface area contributed by atoms with Crippen molar-refractivity contribution in [2.24, 2.45) is 0 Å². The van der Waals surface area contributed by atoms with Gasteiger partial charge in [0.15, 0.2) is 4.77 Å². The summed E-state index contributed by atoms with van der Waals surface area (Å²) >= 11 is 10.7. The second-order valence-corrected chi connectivity index (χ2v) is 6.70. The fourth-order valence-electron chi connectivity index (χ4n) is 2.26. The number of aromatic nitrogens is 2. The van der Waals surface area contributed by atoms with Crippen molar-refractivity contribution in [3.05, 3.63) is 49.3 Å². The van der Waals surface area contributed by atoms with Gasteiger partial charge in [-0.1, -0.05) is 22.9 Å². The topological polar surface area (TPSA) is 20.7 Å². The normalized spacial score (nSPS) is 11.3. The molecule has 0 unspecified atom stereocenters. The number of imidazole rings is 1. The van der Waals surface area contributed by atoms with Crippen LogP contribution in [0.5, 0.6) is 0 Å². The Morgan fingerprint density at radius 2 is 2.21 bits per heavy atom. The maximum Gasteiger partial charge on any atom is 0.178 e. The van der Waals surface area contributed by atoms with Crippen LogP contribution < -0.4 is 0 Å². The van der Waals surface area contributed by atoms with Crippen LogP contribution in [0.1, 0.15) is 17.4 Å². The number of rotatable bonds is 3. The number of fused-ring (bicyclic) bond motifs is 1. The van der Waals surface area contributed by atoms with Gasteiger partial charge in [-0.25, -0.2) is 0 Å². The number of aryl methyl sites for hydroxylation is 1. The molecule has 0 aliphatic heterocycles. The van der Waals surface area contributed by atoms with Crippen molar-refractivity contribution in [1.29, 1.82) is 0 Å². The van der Waals surface area contributed by atoms with Crippen LogP contribution in [0.25, 0.3) is 11.0 Å². The van der Waals surface area contributed by atoms with E-state index in [4.69, 9.17) is 12.2 Å². The molecule has 3 aromatic rings. The van der Waals surface area contributed by atoms with Crippen molar-refractivity contribution in [2.75, 3.05) is 0 Å². The molecular formula is C14H13BrN2S2. The summed E-state index contributed by atoms with van der Waals surface area (Å²) < 4.78 is 4.01. The van der Waals surface area contributed by atoms with Gasteiger partial charge in [-0.15, -0.1) is 11.3 Å².